The number of nitrogens with zero attached hydrogens (tertiary/aromatic N) is 6. The molecule has 0 saturated carbocycles. The number of hydrogen-bond acceptors (Lipinski definition) is 9. The maximum atomic E-state index is 12.9. The van der Waals surface area contributed by atoms with E-state index in [-0.39, 0.29) is 27.3 Å². The summed E-state index contributed by atoms with van der Waals surface area (Å²) >= 11 is 4.83. The lowest BCUT2D eigenvalue weighted by molar-refractivity contribution is 0.600. The van der Waals surface area contributed by atoms with Crippen LogP contribution < -0.4 is 21.9 Å². The number of nitrogen functional groups attached to an aromatic ring is 2. The summed E-state index contributed by atoms with van der Waals surface area (Å²) in [5.41, 5.74) is 18.3. The predicted molar refractivity (Wildman–Crippen MR) is 128 cm³/mol. The van der Waals surface area contributed by atoms with Crippen LogP contribution in [0.1, 0.15) is 0 Å². The molecule has 12 nitrogen and oxygen atoms in total. The van der Waals surface area contributed by atoms with E-state index in [1.54, 1.807) is 6.07 Å². The van der Waals surface area contributed by atoms with E-state index >= 15 is 0 Å². The van der Waals surface area contributed by atoms with Gasteiger partial charge in [-0.25, -0.2) is 13.1 Å². The number of hydrogen-bond donors (Lipinski definition) is 4. The van der Waals surface area contributed by atoms with Crippen molar-refractivity contribution in [1.29, 1.82) is 0 Å². The van der Waals surface area contributed by atoms with E-state index in [0.29, 0.717) is 17.2 Å². The molecule has 0 aliphatic heterocycles. The molecule has 2 aromatic heterocycles. The number of benzene rings is 2. The fraction of sp³-hybridized carbons (Fsp3) is 0. The summed E-state index contributed by atoms with van der Waals surface area (Å²) in [4.78, 5) is 0.0302. The molecule has 0 atom stereocenters. The molecule has 0 aliphatic rings. The second kappa shape index (κ2) is 8.68. The highest BCUT2D eigenvalue weighted by atomic mass is 32.2. The Bertz CT molecular complexity index is 1440. The van der Waals surface area contributed by atoms with Crippen LogP contribution in [0, 0.1) is 0 Å². The van der Waals surface area contributed by atoms with Crippen LogP contribution in [0.4, 0.5) is 28.8 Å². The average molecular weight is 483 g/mol. The highest BCUT2D eigenvalue weighted by Crippen LogP contribution is 2.30. The van der Waals surface area contributed by atoms with Gasteiger partial charge in [-0.2, -0.15) is 14.9 Å². The summed E-state index contributed by atoms with van der Waals surface area (Å²) in [6.45, 7) is 0. The summed E-state index contributed by atoms with van der Waals surface area (Å²) in [7, 11) is -3.88. The van der Waals surface area contributed by atoms with Crippen molar-refractivity contribution in [3.8, 4) is 5.69 Å². The Morgan fingerprint density at radius 1 is 1.00 bits per heavy atom. The largest absolute Gasteiger partial charge is 0.382 e. The molecule has 7 N–H and O–H groups in total. The summed E-state index contributed by atoms with van der Waals surface area (Å²) in [6, 6.07) is 16.5. The number of nitrogens with two attached hydrogens (primary N) is 3. The number of aromatic nitrogens is 4. The number of rotatable bonds is 6. The molecule has 33 heavy (non-hydrogen) atoms. The number of para-hydroxylation sites is 1. The zero-order chi connectivity index (χ0) is 23.6. The normalized spacial score (nSPS) is 11.6. The lowest BCUT2D eigenvalue weighted by atomic mass is 10.3. The van der Waals surface area contributed by atoms with Crippen molar-refractivity contribution in [2.45, 2.75) is 4.90 Å². The van der Waals surface area contributed by atoms with Crippen LogP contribution in [0.3, 0.4) is 0 Å². The van der Waals surface area contributed by atoms with Crippen LogP contribution in [-0.4, -0.2) is 33.1 Å². The fourth-order valence-electron chi connectivity index (χ4n) is 2.86. The Kier molecular flexibility index (Phi) is 5.76. The first-order chi connectivity index (χ1) is 15.8. The molecule has 0 bridgehead atoms. The van der Waals surface area contributed by atoms with Crippen LogP contribution in [0.2, 0.25) is 0 Å². The highest BCUT2D eigenvalue weighted by Gasteiger charge is 2.18. The first-order valence-electron chi connectivity index (χ1n) is 9.34. The Labute approximate surface area is 193 Å². The monoisotopic (exact) mass is 482 g/mol. The minimum absolute atomic E-state index is 0.00229. The van der Waals surface area contributed by atoms with E-state index in [4.69, 9.17) is 29.4 Å². The predicted octanol–water partition coefficient (Wildman–Crippen LogP) is 2.54. The molecule has 14 heteroatoms. The third kappa shape index (κ3) is 4.51. The number of nitrogens with one attached hydrogen (secondary N) is 1. The zero-order valence-corrected chi connectivity index (χ0v) is 18.5. The van der Waals surface area contributed by atoms with Crippen molar-refractivity contribution in [2.75, 3.05) is 16.2 Å². The number of sulfonamides is 1. The maximum absolute atomic E-state index is 12.9. The first-order valence-corrected chi connectivity index (χ1v) is 11.2. The molecule has 168 valence electrons. The van der Waals surface area contributed by atoms with Gasteiger partial charge in [0.25, 0.3) is 10.0 Å². The van der Waals surface area contributed by atoms with E-state index < -0.39 is 10.0 Å². The number of anilines is 3. The van der Waals surface area contributed by atoms with E-state index in [2.05, 4.69) is 25.1 Å². The maximum Gasteiger partial charge on any atom is 0.263 e. The van der Waals surface area contributed by atoms with E-state index in [1.165, 1.54) is 35.1 Å². The number of thiocarbonyl (C=S) groups is 1. The molecule has 0 amide bonds. The second-order valence-corrected chi connectivity index (χ2v) is 8.73. The molecule has 4 aromatic rings. The van der Waals surface area contributed by atoms with Gasteiger partial charge in [0.2, 0.25) is 0 Å². The van der Waals surface area contributed by atoms with Gasteiger partial charge in [-0.1, -0.05) is 18.2 Å². The van der Waals surface area contributed by atoms with Crippen LogP contribution in [0.15, 0.2) is 82.0 Å². The fourth-order valence-corrected chi connectivity index (χ4v) is 4.04. The molecular weight excluding hydrogens is 464 g/mol. The van der Waals surface area contributed by atoms with Gasteiger partial charge >= 0.3 is 0 Å². The Morgan fingerprint density at radius 2 is 1.70 bits per heavy atom. The lowest BCUT2D eigenvalue weighted by Crippen LogP contribution is -2.22. The summed E-state index contributed by atoms with van der Waals surface area (Å²) in [6.07, 6.45) is 1.51. The summed E-state index contributed by atoms with van der Waals surface area (Å²) in [5.74, 6) is 0.343. The van der Waals surface area contributed by atoms with Gasteiger partial charge in [0.05, 0.1) is 22.5 Å². The molecule has 0 saturated heterocycles. The van der Waals surface area contributed by atoms with E-state index in [9.17, 15) is 8.42 Å². The minimum Gasteiger partial charge on any atom is -0.382 e. The Hall–Kier alpha value is -4.30. The SMILES string of the molecule is NC(=S)n1nc(N)c(N=Nc2ccc(S(=O)(=O)Nc3ccnn3-c3ccccc3)cc2)c1N. The van der Waals surface area contributed by atoms with Crippen LogP contribution in [0.5, 0.6) is 0 Å². The Morgan fingerprint density at radius 3 is 2.33 bits per heavy atom. The molecule has 2 aromatic carbocycles. The molecule has 0 radical (unpaired) electrons. The third-order valence-corrected chi connectivity index (χ3v) is 5.97. The smallest absolute Gasteiger partial charge is 0.263 e. The summed E-state index contributed by atoms with van der Waals surface area (Å²) < 4.78 is 30.8. The minimum atomic E-state index is -3.88. The molecule has 0 unspecified atom stereocenters. The van der Waals surface area contributed by atoms with Gasteiger partial charge < -0.3 is 17.2 Å². The van der Waals surface area contributed by atoms with Crippen LogP contribution >= 0.6 is 12.2 Å². The van der Waals surface area contributed by atoms with Gasteiger partial charge in [0.15, 0.2) is 22.4 Å². The average Bonchev–Trinajstić information content (AvgIpc) is 3.36. The highest BCUT2D eigenvalue weighted by molar-refractivity contribution is 7.92. The molecular formula is C19H18N10O2S2. The molecule has 0 aliphatic carbocycles. The van der Waals surface area contributed by atoms with Crippen molar-refractivity contribution in [3.63, 3.8) is 0 Å². The lowest BCUT2D eigenvalue weighted by Gasteiger charge is -2.10. The van der Waals surface area contributed by atoms with E-state index in [1.807, 2.05) is 30.3 Å². The van der Waals surface area contributed by atoms with Crippen LogP contribution in [0.25, 0.3) is 5.69 Å². The second-order valence-electron chi connectivity index (χ2n) is 6.63. The molecule has 0 fully saturated rings. The topological polar surface area (TPSA) is 185 Å². The van der Waals surface area contributed by atoms with Crippen molar-refractivity contribution >= 4 is 56.2 Å². The molecule has 4 rings (SSSR count). The van der Waals surface area contributed by atoms with Gasteiger partial charge in [0, 0.05) is 6.07 Å². The molecule has 2 heterocycles. The van der Waals surface area contributed by atoms with Crippen molar-refractivity contribution < 1.29 is 8.42 Å². The van der Waals surface area contributed by atoms with Gasteiger partial charge in [-0.15, -0.1) is 10.2 Å². The third-order valence-electron chi connectivity index (χ3n) is 4.42. The standard InChI is InChI=1S/C19H18N10O2S2/c20-17-16(18(21)29(26-17)19(22)32)25-24-12-6-8-14(9-7-12)33(30,31)27-15-10-11-23-28(15)13-4-2-1-3-5-13/h1-11,27H,21H2,(H2,20,26)(H2,22,32). The zero-order valence-electron chi connectivity index (χ0n) is 16.9. The van der Waals surface area contributed by atoms with Gasteiger partial charge in [-0.3, -0.25) is 4.72 Å². The Balaban J connectivity index is 1.54. The van der Waals surface area contributed by atoms with Crippen molar-refractivity contribution in [3.05, 3.63) is 66.9 Å². The quantitative estimate of drug-likeness (QED) is 0.238. The van der Waals surface area contributed by atoms with Crippen molar-refractivity contribution in [1.82, 2.24) is 19.6 Å². The number of azo groups is 1. The van der Waals surface area contributed by atoms with Crippen LogP contribution in [-0.2, 0) is 10.0 Å². The van der Waals surface area contributed by atoms with Crippen molar-refractivity contribution in [2.24, 2.45) is 16.0 Å². The van der Waals surface area contributed by atoms with Gasteiger partial charge in [0.1, 0.15) is 5.82 Å². The first kappa shape index (κ1) is 21.9. The van der Waals surface area contributed by atoms with Gasteiger partial charge in [-0.05, 0) is 48.6 Å². The van der Waals surface area contributed by atoms with E-state index in [0.717, 1.165) is 4.68 Å². The molecule has 0 spiro atoms. The summed E-state index contributed by atoms with van der Waals surface area (Å²) in [5, 5.41) is 16.0.